The number of aromatic nitrogens is 3. The fraction of sp³-hybridized carbons (Fsp3) is 0.375. The average Bonchev–Trinajstić information content (AvgIpc) is 2.73. The summed E-state index contributed by atoms with van der Waals surface area (Å²) in [5, 5.41) is 14.5. The van der Waals surface area contributed by atoms with Crippen LogP contribution in [-0.4, -0.2) is 15.4 Å². The van der Waals surface area contributed by atoms with E-state index in [1.165, 1.54) is 11.3 Å². The zero-order chi connectivity index (χ0) is 10.8. The number of nitrogens with one attached hydrogen (secondary N) is 2. The van der Waals surface area contributed by atoms with Crippen LogP contribution in [0.15, 0.2) is 4.52 Å². The summed E-state index contributed by atoms with van der Waals surface area (Å²) in [5.41, 5.74) is 1.97. The van der Waals surface area contributed by atoms with Gasteiger partial charge in [-0.25, -0.2) is 0 Å². The summed E-state index contributed by atoms with van der Waals surface area (Å²) in [6.07, 6.45) is 0. The highest BCUT2D eigenvalue weighted by Crippen LogP contribution is 2.16. The van der Waals surface area contributed by atoms with Crippen molar-refractivity contribution in [3.05, 3.63) is 21.0 Å². The van der Waals surface area contributed by atoms with Gasteiger partial charge in [0.2, 0.25) is 5.13 Å². The molecule has 0 saturated heterocycles. The van der Waals surface area contributed by atoms with Crippen LogP contribution in [0, 0.1) is 17.8 Å². The molecule has 0 bridgehead atoms. The first-order valence-electron chi connectivity index (χ1n) is 4.38. The van der Waals surface area contributed by atoms with Gasteiger partial charge >= 0.3 is 0 Å². The number of hydrogen-bond acceptors (Lipinski definition) is 6. The van der Waals surface area contributed by atoms with Gasteiger partial charge in [-0.15, -0.1) is 5.10 Å². The first-order chi connectivity index (χ1) is 7.16. The molecular weight excluding hydrogens is 232 g/mol. The molecule has 0 radical (unpaired) electrons. The van der Waals surface area contributed by atoms with Gasteiger partial charge in [0.25, 0.3) is 0 Å². The highest BCUT2D eigenvalue weighted by atomic mass is 32.1. The van der Waals surface area contributed by atoms with E-state index in [9.17, 15) is 0 Å². The van der Waals surface area contributed by atoms with Crippen molar-refractivity contribution < 1.29 is 4.52 Å². The standard InChI is InChI=1S/C8H10N4OS2/c1-4-6(5(2)13-12-4)3-9-7-10-11-8(14)15-7/h3H2,1-2H3,(H,9,10)(H,11,14). The van der Waals surface area contributed by atoms with Gasteiger partial charge in [0.05, 0.1) is 5.69 Å². The van der Waals surface area contributed by atoms with E-state index in [0.29, 0.717) is 10.5 Å². The molecule has 0 saturated carbocycles. The van der Waals surface area contributed by atoms with E-state index in [2.05, 4.69) is 20.7 Å². The lowest BCUT2D eigenvalue weighted by molar-refractivity contribution is 0.392. The Balaban J connectivity index is 2.08. The molecule has 2 heterocycles. The third kappa shape index (κ3) is 2.24. The van der Waals surface area contributed by atoms with Crippen molar-refractivity contribution in [2.24, 2.45) is 0 Å². The largest absolute Gasteiger partial charge is 0.361 e. The van der Waals surface area contributed by atoms with Crippen LogP contribution in [0.2, 0.25) is 0 Å². The van der Waals surface area contributed by atoms with Crippen molar-refractivity contribution in [1.29, 1.82) is 0 Å². The Morgan fingerprint density at radius 1 is 1.53 bits per heavy atom. The Kier molecular flexibility index (Phi) is 2.83. The second-order valence-corrected chi connectivity index (χ2v) is 4.74. The van der Waals surface area contributed by atoms with Gasteiger partial charge in [0.15, 0.2) is 3.95 Å². The first-order valence-corrected chi connectivity index (χ1v) is 5.60. The minimum Gasteiger partial charge on any atom is -0.361 e. The number of rotatable bonds is 3. The molecule has 2 aromatic rings. The third-order valence-corrected chi connectivity index (χ3v) is 3.08. The normalized spacial score (nSPS) is 10.5. The van der Waals surface area contributed by atoms with E-state index < -0.39 is 0 Å². The summed E-state index contributed by atoms with van der Waals surface area (Å²) >= 11 is 6.34. The number of anilines is 1. The number of nitrogens with zero attached hydrogens (tertiary/aromatic N) is 2. The maximum Gasteiger partial charge on any atom is 0.204 e. The molecule has 7 heteroatoms. The van der Waals surface area contributed by atoms with E-state index in [0.717, 1.165) is 22.1 Å². The Morgan fingerprint density at radius 2 is 2.33 bits per heavy atom. The summed E-state index contributed by atoms with van der Waals surface area (Å²) < 4.78 is 5.72. The van der Waals surface area contributed by atoms with Gasteiger partial charge in [-0.1, -0.05) is 16.5 Å². The van der Waals surface area contributed by atoms with Gasteiger partial charge in [0.1, 0.15) is 5.76 Å². The van der Waals surface area contributed by atoms with E-state index in [4.69, 9.17) is 16.7 Å². The van der Waals surface area contributed by atoms with Gasteiger partial charge in [-0.3, -0.25) is 5.10 Å². The Labute approximate surface area is 95.5 Å². The minimum atomic E-state index is 0.650. The van der Waals surface area contributed by atoms with E-state index in [1.807, 2.05) is 13.8 Å². The van der Waals surface area contributed by atoms with Crippen LogP contribution < -0.4 is 5.32 Å². The van der Waals surface area contributed by atoms with Crippen molar-refractivity contribution >= 4 is 28.7 Å². The smallest absolute Gasteiger partial charge is 0.204 e. The Morgan fingerprint density at radius 3 is 2.87 bits per heavy atom. The highest BCUT2D eigenvalue weighted by Gasteiger charge is 2.08. The van der Waals surface area contributed by atoms with Crippen molar-refractivity contribution in [1.82, 2.24) is 15.4 Å². The van der Waals surface area contributed by atoms with Gasteiger partial charge in [-0.05, 0) is 26.1 Å². The number of H-pyrrole nitrogens is 1. The molecule has 0 aliphatic heterocycles. The van der Waals surface area contributed by atoms with Crippen LogP contribution in [0.3, 0.4) is 0 Å². The molecule has 5 nitrogen and oxygen atoms in total. The monoisotopic (exact) mass is 242 g/mol. The van der Waals surface area contributed by atoms with Gasteiger partial charge in [0, 0.05) is 12.1 Å². The maximum atomic E-state index is 5.05. The number of aryl methyl sites for hydroxylation is 2. The number of hydrogen-bond donors (Lipinski definition) is 2. The molecule has 0 aromatic carbocycles. The van der Waals surface area contributed by atoms with E-state index >= 15 is 0 Å². The van der Waals surface area contributed by atoms with Crippen LogP contribution in [0.25, 0.3) is 0 Å². The van der Waals surface area contributed by atoms with Crippen molar-refractivity contribution in [2.75, 3.05) is 5.32 Å². The highest BCUT2D eigenvalue weighted by molar-refractivity contribution is 7.73. The van der Waals surface area contributed by atoms with E-state index in [-0.39, 0.29) is 0 Å². The van der Waals surface area contributed by atoms with Gasteiger partial charge in [-0.2, -0.15) is 0 Å². The Hall–Kier alpha value is -1.21. The SMILES string of the molecule is Cc1noc(C)c1CNc1n[nH]c(=S)s1. The third-order valence-electron chi connectivity index (χ3n) is 2.04. The first kappa shape index (κ1) is 10.3. The van der Waals surface area contributed by atoms with Crippen molar-refractivity contribution in [3.8, 4) is 0 Å². The predicted octanol–water partition coefficient (Wildman–Crippen LogP) is 2.42. The number of aromatic amines is 1. The molecule has 2 rings (SSSR count). The second-order valence-electron chi connectivity index (χ2n) is 3.07. The zero-order valence-electron chi connectivity index (χ0n) is 8.33. The van der Waals surface area contributed by atoms with E-state index in [1.54, 1.807) is 0 Å². The zero-order valence-corrected chi connectivity index (χ0v) is 9.96. The fourth-order valence-corrected chi connectivity index (χ4v) is 2.01. The molecule has 15 heavy (non-hydrogen) atoms. The van der Waals surface area contributed by atoms with Crippen LogP contribution in [-0.2, 0) is 6.54 Å². The molecule has 2 aromatic heterocycles. The van der Waals surface area contributed by atoms with Crippen molar-refractivity contribution in [3.63, 3.8) is 0 Å². The molecule has 0 aliphatic rings. The summed E-state index contributed by atoms with van der Waals surface area (Å²) in [5.74, 6) is 0.833. The molecule has 0 atom stereocenters. The summed E-state index contributed by atoms with van der Waals surface area (Å²) in [7, 11) is 0. The summed E-state index contributed by atoms with van der Waals surface area (Å²) in [6.45, 7) is 4.46. The lowest BCUT2D eigenvalue weighted by Gasteiger charge is -2.00. The molecule has 0 unspecified atom stereocenters. The Bertz CT molecular complexity index is 493. The topological polar surface area (TPSA) is 66.7 Å². The lowest BCUT2D eigenvalue weighted by atomic mass is 10.2. The van der Waals surface area contributed by atoms with Crippen LogP contribution in [0.4, 0.5) is 5.13 Å². The average molecular weight is 242 g/mol. The molecule has 2 N–H and O–H groups in total. The van der Waals surface area contributed by atoms with Crippen molar-refractivity contribution in [2.45, 2.75) is 20.4 Å². The fourth-order valence-electron chi connectivity index (χ4n) is 1.22. The predicted molar refractivity (Wildman–Crippen MR) is 60.6 cm³/mol. The molecular formula is C8H10N4OS2. The minimum absolute atomic E-state index is 0.650. The molecule has 0 amide bonds. The van der Waals surface area contributed by atoms with Gasteiger partial charge < -0.3 is 9.84 Å². The quantitative estimate of drug-likeness (QED) is 0.809. The molecule has 0 spiro atoms. The maximum absolute atomic E-state index is 5.05. The second kappa shape index (κ2) is 4.11. The molecule has 0 fully saturated rings. The lowest BCUT2D eigenvalue weighted by Crippen LogP contribution is -2.00. The van der Waals surface area contributed by atoms with Crippen LogP contribution >= 0.6 is 23.6 Å². The molecule has 80 valence electrons. The summed E-state index contributed by atoms with van der Waals surface area (Å²) in [4.78, 5) is 0. The van der Waals surface area contributed by atoms with Crippen LogP contribution in [0.5, 0.6) is 0 Å². The van der Waals surface area contributed by atoms with Crippen LogP contribution in [0.1, 0.15) is 17.0 Å². The molecule has 0 aliphatic carbocycles. The summed E-state index contributed by atoms with van der Waals surface area (Å²) in [6, 6.07) is 0.